The molecule has 0 saturated carbocycles. The summed E-state index contributed by atoms with van der Waals surface area (Å²) >= 11 is 1.48. The van der Waals surface area contributed by atoms with E-state index in [0.717, 1.165) is 27.5 Å². The average molecular weight is 423 g/mol. The molecule has 3 rings (SSSR count). The van der Waals surface area contributed by atoms with Crippen molar-refractivity contribution in [3.63, 3.8) is 0 Å². The van der Waals surface area contributed by atoms with Crippen molar-refractivity contribution in [1.82, 2.24) is 15.1 Å². The van der Waals surface area contributed by atoms with Gasteiger partial charge in [0.15, 0.2) is 0 Å². The lowest BCUT2D eigenvalue weighted by molar-refractivity contribution is -0.121. The molecule has 2 atom stereocenters. The number of nitrogens with zero attached hydrogens (tertiary/aromatic N) is 2. The molecule has 1 heterocycles. The molecular formula is C23H26N4O2S. The van der Waals surface area contributed by atoms with Crippen LogP contribution >= 0.6 is 11.8 Å². The normalized spacial score (nSPS) is 12.8. The predicted octanol–water partition coefficient (Wildman–Crippen LogP) is 4.50. The van der Waals surface area contributed by atoms with Gasteiger partial charge in [0.2, 0.25) is 11.8 Å². The van der Waals surface area contributed by atoms with Gasteiger partial charge in [-0.3, -0.25) is 9.59 Å². The molecular weight excluding hydrogens is 396 g/mol. The molecule has 2 unspecified atom stereocenters. The lowest BCUT2D eigenvalue weighted by Crippen LogP contribution is -2.33. The second-order valence-corrected chi connectivity index (χ2v) is 8.54. The van der Waals surface area contributed by atoms with E-state index in [2.05, 4.69) is 15.7 Å². The zero-order valence-corrected chi connectivity index (χ0v) is 18.4. The van der Waals surface area contributed by atoms with Gasteiger partial charge >= 0.3 is 0 Å². The highest BCUT2D eigenvalue weighted by Crippen LogP contribution is 2.26. The van der Waals surface area contributed by atoms with Crippen molar-refractivity contribution in [2.24, 2.45) is 0 Å². The number of hydrogen-bond donors (Lipinski definition) is 2. The van der Waals surface area contributed by atoms with Crippen LogP contribution in [0.25, 0.3) is 5.69 Å². The van der Waals surface area contributed by atoms with Crippen LogP contribution < -0.4 is 10.6 Å². The fraction of sp³-hybridized carbons (Fsp3) is 0.261. The van der Waals surface area contributed by atoms with Crippen molar-refractivity contribution >= 4 is 29.3 Å². The summed E-state index contributed by atoms with van der Waals surface area (Å²) in [5.41, 5.74) is 3.72. The first-order valence-electron chi connectivity index (χ1n) is 9.79. The van der Waals surface area contributed by atoms with Crippen LogP contribution in [-0.4, -0.2) is 26.8 Å². The quantitative estimate of drug-likeness (QED) is 0.550. The van der Waals surface area contributed by atoms with Gasteiger partial charge in [0.05, 0.1) is 23.2 Å². The molecule has 0 bridgehead atoms. The molecule has 2 amide bonds. The van der Waals surface area contributed by atoms with Crippen molar-refractivity contribution in [2.45, 2.75) is 43.9 Å². The highest BCUT2D eigenvalue weighted by Gasteiger charge is 2.20. The first-order valence-corrected chi connectivity index (χ1v) is 10.7. The maximum atomic E-state index is 12.7. The molecule has 156 valence electrons. The molecule has 30 heavy (non-hydrogen) atoms. The van der Waals surface area contributed by atoms with E-state index in [4.69, 9.17) is 0 Å². The third kappa shape index (κ3) is 5.30. The third-order valence-corrected chi connectivity index (χ3v) is 5.84. The number of aromatic nitrogens is 2. The van der Waals surface area contributed by atoms with Crippen molar-refractivity contribution in [3.8, 4) is 5.69 Å². The van der Waals surface area contributed by atoms with E-state index in [1.807, 2.05) is 86.2 Å². The lowest BCUT2D eigenvalue weighted by atomic mass is 10.1. The van der Waals surface area contributed by atoms with E-state index in [-0.39, 0.29) is 23.1 Å². The molecule has 0 aliphatic heterocycles. The Morgan fingerprint density at radius 1 is 1.03 bits per heavy atom. The molecule has 0 spiro atoms. The molecule has 2 N–H and O–H groups in total. The Labute approximate surface area is 181 Å². The molecule has 1 aromatic heterocycles. The smallest absolute Gasteiger partial charge is 0.233 e. The van der Waals surface area contributed by atoms with Gasteiger partial charge in [-0.2, -0.15) is 5.10 Å². The van der Waals surface area contributed by atoms with Gasteiger partial charge in [-0.15, -0.1) is 11.8 Å². The van der Waals surface area contributed by atoms with E-state index in [9.17, 15) is 9.59 Å². The monoisotopic (exact) mass is 422 g/mol. The number of hydrogen-bond acceptors (Lipinski definition) is 4. The van der Waals surface area contributed by atoms with Gasteiger partial charge in [0.1, 0.15) is 0 Å². The number of rotatable bonds is 7. The maximum Gasteiger partial charge on any atom is 0.233 e. The zero-order valence-electron chi connectivity index (χ0n) is 17.5. The van der Waals surface area contributed by atoms with Crippen LogP contribution in [0.15, 0.2) is 65.7 Å². The number of benzene rings is 2. The molecule has 7 heteroatoms. The Balaban J connectivity index is 1.61. The number of thioether (sulfide) groups is 1. The summed E-state index contributed by atoms with van der Waals surface area (Å²) in [5, 5.41) is 10.1. The van der Waals surface area contributed by atoms with Gasteiger partial charge in [0.25, 0.3) is 0 Å². The van der Waals surface area contributed by atoms with Gasteiger partial charge in [-0.05, 0) is 57.2 Å². The molecule has 0 aliphatic carbocycles. The predicted molar refractivity (Wildman–Crippen MR) is 121 cm³/mol. The Hall–Kier alpha value is -3.06. The number of carbonyl (C=O) groups excluding carboxylic acids is 2. The Morgan fingerprint density at radius 2 is 1.70 bits per heavy atom. The highest BCUT2D eigenvalue weighted by atomic mass is 32.2. The first kappa shape index (κ1) is 21.6. The van der Waals surface area contributed by atoms with Crippen molar-refractivity contribution in [3.05, 3.63) is 72.1 Å². The molecule has 0 aliphatic rings. The van der Waals surface area contributed by atoms with E-state index in [0.29, 0.717) is 0 Å². The van der Waals surface area contributed by atoms with Crippen molar-refractivity contribution in [1.29, 1.82) is 0 Å². The fourth-order valence-electron chi connectivity index (χ4n) is 3.16. The molecule has 0 radical (unpaired) electrons. The average Bonchev–Trinajstić information content (AvgIpc) is 3.11. The second-order valence-electron chi connectivity index (χ2n) is 7.13. The number of amides is 2. The molecule has 3 aromatic rings. The number of carbonyl (C=O) groups is 2. The number of nitrogens with one attached hydrogen (secondary N) is 2. The van der Waals surface area contributed by atoms with Gasteiger partial charge in [0, 0.05) is 28.8 Å². The maximum absolute atomic E-state index is 12.7. The van der Waals surface area contributed by atoms with Gasteiger partial charge in [-0.25, -0.2) is 4.68 Å². The number of para-hydroxylation sites is 1. The van der Waals surface area contributed by atoms with Crippen LogP contribution in [0.1, 0.15) is 38.1 Å². The summed E-state index contributed by atoms with van der Waals surface area (Å²) in [6, 6.07) is 17.2. The first-order chi connectivity index (χ1) is 14.3. The van der Waals surface area contributed by atoms with Crippen LogP contribution in [-0.2, 0) is 9.59 Å². The fourth-order valence-corrected chi connectivity index (χ4v) is 4.04. The minimum atomic E-state index is -0.261. The van der Waals surface area contributed by atoms with E-state index >= 15 is 0 Å². The minimum absolute atomic E-state index is 0.0368. The summed E-state index contributed by atoms with van der Waals surface area (Å²) in [7, 11) is 0. The topological polar surface area (TPSA) is 76.0 Å². The lowest BCUT2D eigenvalue weighted by Gasteiger charge is -2.18. The van der Waals surface area contributed by atoms with Crippen LogP contribution in [0.3, 0.4) is 0 Å². The van der Waals surface area contributed by atoms with Crippen LogP contribution in [0.2, 0.25) is 0 Å². The van der Waals surface area contributed by atoms with Gasteiger partial charge < -0.3 is 10.6 Å². The Bertz CT molecular complexity index is 1020. The van der Waals surface area contributed by atoms with Crippen LogP contribution in [0.4, 0.5) is 5.69 Å². The minimum Gasteiger partial charge on any atom is -0.348 e. The van der Waals surface area contributed by atoms with Crippen molar-refractivity contribution in [2.75, 3.05) is 5.32 Å². The third-order valence-electron chi connectivity index (χ3n) is 4.73. The summed E-state index contributed by atoms with van der Waals surface area (Å²) in [4.78, 5) is 24.8. The SMILES string of the molecule is CC(=O)Nc1ccc(SC(C)C(=O)NC(C)c2cnn(-c3ccccc3)c2C)cc1. The summed E-state index contributed by atoms with van der Waals surface area (Å²) in [5.74, 6) is -0.145. The van der Waals surface area contributed by atoms with Crippen molar-refractivity contribution < 1.29 is 9.59 Å². The standard InChI is InChI=1S/C23H26N4O2S/c1-15(22-14-24-27(16(22)2)20-8-6-5-7-9-20)25-23(29)17(3)30-21-12-10-19(11-13-21)26-18(4)28/h5-15,17H,1-4H3,(H,25,29)(H,26,28). The van der Waals surface area contributed by atoms with E-state index in [1.54, 1.807) is 0 Å². The zero-order chi connectivity index (χ0) is 21.7. The Kier molecular flexibility index (Phi) is 6.95. The largest absolute Gasteiger partial charge is 0.348 e. The summed E-state index contributed by atoms with van der Waals surface area (Å²) < 4.78 is 1.88. The van der Waals surface area contributed by atoms with Gasteiger partial charge in [-0.1, -0.05) is 18.2 Å². The van der Waals surface area contributed by atoms with E-state index < -0.39 is 0 Å². The Morgan fingerprint density at radius 3 is 2.33 bits per heavy atom. The summed E-state index contributed by atoms with van der Waals surface area (Å²) in [6.45, 7) is 7.33. The molecule has 0 saturated heterocycles. The second kappa shape index (κ2) is 9.63. The molecule has 0 fully saturated rings. The number of anilines is 1. The molecule has 6 nitrogen and oxygen atoms in total. The van der Waals surface area contributed by atoms with Crippen LogP contribution in [0.5, 0.6) is 0 Å². The van der Waals surface area contributed by atoms with Crippen LogP contribution in [0, 0.1) is 6.92 Å². The molecule has 2 aromatic carbocycles. The summed E-state index contributed by atoms with van der Waals surface area (Å²) in [6.07, 6.45) is 1.81. The highest BCUT2D eigenvalue weighted by molar-refractivity contribution is 8.00. The van der Waals surface area contributed by atoms with E-state index in [1.165, 1.54) is 18.7 Å².